The number of pyridine rings is 1. The SMILES string of the molecule is CCCOc1cccn(CC(=O)Nc2ccc(OC)cc2[N+](=O)[O-])c1=O. The highest BCUT2D eigenvalue weighted by atomic mass is 16.6. The molecule has 0 unspecified atom stereocenters. The number of carbonyl (C=O) groups is 1. The fourth-order valence-electron chi connectivity index (χ4n) is 2.20. The fraction of sp³-hybridized carbons (Fsp3) is 0.294. The van der Waals surface area contributed by atoms with Crippen molar-refractivity contribution < 1.29 is 19.2 Å². The number of anilines is 1. The minimum atomic E-state index is -0.622. The standard InChI is InChI=1S/C17H19N3O6/c1-3-9-26-15-5-4-8-19(17(15)22)11-16(21)18-13-7-6-12(25-2)10-14(13)20(23)24/h4-8,10H,3,9,11H2,1-2H3,(H,18,21). The van der Waals surface area contributed by atoms with Gasteiger partial charge in [0.25, 0.3) is 11.2 Å². The molecule has 9 nitrogen and oxygen atoms in total. The molecule has 2 aromatic rings. The maximum atomic E-state index is 12.3. The van der Waals surface area contributed by atoms with Gasteiger partial charge < -0.3 is 19.4 Å². The molecule has 1 heterocycles. The van der Waals surface area contributed by atoms with Gasteiger partial charge in [0.05, 0.1) is 24.7 Å². The molecule has 1 aromatic carbocycles. The van der Waals surface area contributed by atoms with E-state index in [1.54, 1.807) is 6.07 Å². The number of aromatic nitrogens is 1. The third-order valence-corrected chi connectivity index (χ3v) is 3.44. The molecule has 0 fully saturated rings. The molecule has 0 aliphatic carbocycles. The van der Waals surface area contributed by atoms with Gasteiger partial charge in [0.2, 0.25) is 5.91 Å². The Balaban J connectivity index is 2.17. The molecule has 138 valence electrons. The lowest BCUT2D eigenvalue weighted by Crippen LogP contribution is -2.28. The lowest BCUT2D eigenvalue weighted by Gasteiger charge is -2.10. The van der Waals surface area contributed by atoms with Crippen molar-refractivity contribution in [3.05, 3.63) is 57.0 Å². The molecular formula is C17H19N3O6. The molecule has 0 spiro atoms. The minimum Gasteiger partial charge on any atom is -0.496 e. The van der Waals surface area contributed by atoms with Gasteiger partial charge in [-0.05, 0) is 30.7 Å². The largest absolute Gasteiger partial charge is 0.496 e. The predicted molar refractivity (Wildman–Crippen MR) is 94.8 cm³/mol. The van der Waals surface area contributed by atoms with Crippen molar-refractivity contribution in [3.8, 4) is 11.5 Å². The summed E-state index contributed by atoms with van der Waals surface area (Å²) < 4.78 is 11.5. The van der Waals surface area contributed by atoms with E-state index < -0.39 is 16.4 Å². The lowest BCUT2D eigenvalue weighted by atomic mass is 10.2. The number of nitro benzene ring substituents is 1. The van der Waals surface area contributed by atoms with Crippen molar-refractivity contribution in [1.82, 2.24) is 4.57 Å². The van der Waals surface area contributed by atoms with E-state index in [0.29, 0.717) is 12.4 Å². The van der Waals surface area contributed by atoms with E-state index in [4.69, 9.17) is 9.47 Å². The Labute approximate surface area is 149 Å². The molecule has 26 heavy (non-hydrogen) atoms. The van der Waals surface area contributed by atoms with Crippen molar-refractivity contribution in [2.45, 2.75) is 19.9 Å². The zero-order chi connectivity index (χ0) is 19.1. The van der Waals surface area contributed by atoms with Crippen molar-refractivity contribution in [1.29, 1.82) is 0 Å². The van der Waals surface area contributed by atoms with Crippen LogP contribution in [0.4, 0.5) is 11.4 Å². The summed E-state index contributed by atoms with van der Waals surface area (Å²) in [5.74, 6) is -0.128. The van der Waals surface area contributed by atoms with Gasteiger partial charge in [-0.1, -0.05) is 6.92 Å². The number of rotatable bonds is 8. The molecule has 0 aliphatic rings. The average molecular weight is 361 g/mol. The summed E-state index contributed by atoms with van der Waals surface area (Å²) in [5, 5.41) is 13.6. The Morgan fingerprint density at radius 1 is 1.35 bits per heavy atom. The Hall–Kier alpha value is -3.36. The van der Waals surface area contributed by atoms with Gasteiger partial charge in [-0.25, -0.2) is 0 Å². The van der Waals surface area contributed by atoms with E-state index in [-0.39, 0.29) is 23.7 Å². The monoisotopic (exact) mass is 361 g/mol. The number of nitrogens with zero attached hydrogens (tertiary/aromatic N) is 2. The fourth-order valence-corrected chi connectivity index (χ4v) is 2.20. The Bertz CT molecular complexity index is 862. The van der Waals surface area contributed by atoms with E-state index in [2.05, 4.69) is 5.32 Å². The number of amides is 1. The summed E-state index contributed by atoms with van der Waals surface area (Å²) >= 11 is 0. The van der Waals surface area contributed by atoms with Crippen molar-refractivity contribution >= 4 is 17.3 Å². The predicted octanol–water partition coefficient (Wildman–Crippen LogP) is 2.19. The third kappa shape index (κ3) is 4.59. The summed E-state index contributed by atoms with van der Waals surface area (Å²) in [6.07, 6.45) is 2.19. The van der Waals surface area contributed by atoms with Crippen LogP contribution in [-0.4, -0.2) is 29.1 Å². The van der Waals surface area contributed by atoms with Crippen LogP contribution in [0.15, 0.2) is 41.3 Å². The van der Waals surface area contributed by atoms with Gasteiger partial charge in [0.1, 0.15) is 18.0 Å². The number of carbonyl (C=O) groups excluding carboxylic acids is 1. The summed E-state index contributed by atoms with van der Waals surface area (Å²) in [5.41, 5.74) is -0.724. The zero-order valence-corrected chi connectivity index (χ0v) is 14.4. The second kappa shape index (κ2) is 8.65. The van der Waals surface area contributed by atoms with E-state index in [1.165, 1.54) is 42.1 Å². The number of benzene rings is 1. The van der Waals surface area contributed by atoms with E-state index in [1.807, 2.05) is 6.92 Å². The normalized spacial score (nSPS) is 10.2. The summed E-state index contributed by atoms with van der Waals surface area (Å²) in [7, 11) is 1.39. The molecule has 0 atom stereocenters. The van der Waals surface area contributed by atoms with Crippen LogP contribution in [0.1, 0.15) is 13.3 Å². The Kier molecular flexibility index (Phi) is 6.31. The smallest absolute Gasteiger partial charge is 0.296 e. The van der Waals surface area contributed by atoms with Gasteiger partial charge >= 0.3 is 0 Å². The highest BCUT2D eigenvalue weighted by Crippen LogP contribution is 2.28. The van der Waals surface area contributed by atoms with Crippen molar-refractivity contribution in [2.24, 2.45) is 0 Å². The van der Waals surface area contributed by atoms with Crippen molar-refractivity contribution in [3.63, 3.8) is 0 Å². The molecule has 1 amide bonds. The summed E-state index contributed by atoms with van der Waals surface area (Å²) in [4.78, 5) is 35.0. The zero-order valence-electron chi connectivity index (χ0n) is 14.4. The lowest BCUT2D eigenvalue weighted by molar-refractivity contribution is -0.384. The topological polar surface area (TPSA) is 113 Å². The Morgan fingerprint density at radius 3 is 2.77 bits per heavy atom. The van der Waals surface area contributed by atoms with Gasteiger partial charge in [0, 0.05) is 6.20 Å². The number of methoxy groups -OCH3 is 1. The van der Waals surface area contributed by atoms with Gasteiger partial charge in [-0.15, -0.1) is 0 Å². The highest BCUT2D eigenvalue weighted by molar-refractivity contribution is 5.93. The van der Waals surface area contributed by atoms with E-state index in [0.717, 1.165) is 6.42 Å². The van der Waals surface area contributed by atoms with Crippen molar-refractivity contribution in [2.75, 3.05) is 19.0 Å². The highest BCUT2D eigenvalue weighted by Gasteiger charge is 2.18. The Morgan fingerprint density at radius 2 is 2.12 bits per heavy atom. The number of hydrogen-bond donors (Lipinski definition) is 1. The van der Waals surface area contributed by atoms with Gasteiger partial charge in [0.15, 0.2) is 5.75 Å². The van der Waals surface area contributed by atoms with Crippen LogP contribution in [0.5, 0.6) is 11.5 Å². The molecule has 0 bridgehead atoms. The summed E-state index contributed by atoms with van der Waals surface area (Å²) in [6.45, 7) is 2.01. The molecule has 0 saturated carbocycles. The molecule has 0 radical (unpaired) electrons. The van der Waals surface area contributed by atoms with Crippen LogP contribution < -0.4 is 20.3 Å². The van der Waals surface area contributed by atoms with Crippen LogP contribution in [0, 0.1) is 10.1 Å². The first-order valence-electron chi connectivity index (χ1n) is 7.90. The average Bonchev–Trinajstić information content (AvgIpc) is 2.62. The molecule has 1 aromatic heterocycles. The van der Waals surface area contributed by atoms with Crippen LogP contribution >= 0.6 is 0 Å². The minimum absolute atomic E-state index is 0.0206. The molecule has 1 N–H and O–H groups in total. The number of nitro groups is 1. The number of ether oxygens (including phenoxy) is 2. The number of nitrogens with one attached hydrogen (secondary N) is 1. The van der Waals surface area contributed by atoms with Crippen LogP contribution in [0.2, 0.25) is 0 Å². The van der Waals surface area contributed by atoms with Gasteiger partial charge in [-0.2, -0.15) is 0 Å². The second-order valence-electron chi connectivity index (χ2n) is 5.34. The van der Waals surface area contributed by atoms with E-state index >= 15 is 0 Å². The first-order valence-corrected chi connectivity index (χ1v) is 7.90. The third-order valence-electron chi connectivity index (χ3n) is 3.44. The van der Waals surface area contributed by atoms with Gasteiger partial charge in [-0.3, -0.25) is 19.7 Å². The first kappa shape index (κ1) is 19.0. The van der Waals surface area contributed by atoms with Crippen LogP contribution in [-0.2, 0) is 11.3 Å². The summed E-state index contributed by atoms with van der Waals surface area (Å²) in [6, 6.07) is 7.20. The van der Waals surface area contributed by atoms with Crippen LogP contribution in [0.25, 0.3) is 0 Å². The van der Waals surface area contributed by atoms with Crippen LogP contribution in [0.3, 0.4) is 0 Å². The molecule has 2 rings (SSSR count). The first-order chi connectivity index (χ1) is 12.5. The maximum Gasteiger partial charge on any atom is 0.296 e. The van der Waals surface area contributed by atoms with E-state index in [9.17, 15) is 19.7 Å². The molecule has 9 heteroatoms. The maximum absolute atomic E-state index is 12.3. The second-order valence-corrected chi connectivity index (χ2v) is 5.34. The number of hydrogen-bond acceptors (Lipinski definition) is 6. The molecular weight excluding hydrogens is 342 g/mol. The molecule has 0 saturated heterocycles. The molecule has 0 aliphatic heterocycles. The quantitative estimate of drug-likeness (QED) is 0.570.